The lowest BCUT2D eigenvalue weighted by molar-refractivity contribution is -0.382. The van der Waals surface area contributed by atoms with Crippen LogP contribution in [0.3, 0.4) is 0 Å². The summed E-state index contributed by atoms with van der Waals surface area (Å²) in [6, 6.07) is 3.90. The molecule has 7 heteroatoms. The van der Waals surface area contributed by atoms with Crippen molar-refractivity contribution in [1.29, 1.82) is 0 Å². The van der Waals surface area contributed by atoms with Gasteiger partial charge in [0.2, 0.25) is 0 Å². The highest BCUT2D eigenvalue weighted by atomic mass is 32.1. The summed E-state index contributed by atoms with van der Waals surface area (Å²) in [6.45, 7) is 1.68. The lowest BCUT2D eigenvalue weighted by Crippen LogP contribution is -2.51. The second-order valence-corrected chi connectivity index (χ2v) is 4.80. The molecule has 1 fully saturated rings. The maximum absolute atomic E-state index is 11.1. The Morgan fingerprint density at radius 3 is 3.00 bits per heavy atom. The minimum Gasteiger partial charge on any atom is -0.374 e. The summed E-state index contributed by atoms with van der Waals surface area (Å²) in [7, 11) is 0. The molecule has 0 bridgehead atoms. The molecular weight excluding hydrogens is 240 g/mol. The van der Waals surface area contributed by atoms with E-state index >= 15 is 0 Å². The van der Waals surface area contributed by atoms with Gasteiger partial charge in [0.15, 0.2) is 5.52 Å². The number of hydrogen-bond acceptors (Lipinski definition) is 6. The quantitative estimate of drug-likeness (QED) is 0.638. The van der Waals surface area contributed by atoms with E-state index in [0.29, 0.717) is 11.2 Å². The first kappa shape index (κ1) is 10.4. The molecule has 2 heterocycles. The van der Waals surface area contributed by atoms with Gasteiger partial charge >= 0.3 is 5.69 Å². The number of benzene rings is 1. The van der Waals surface area contributed by atoms with Gasteiger partial charge in [-0.25, -0.2) is 4.98 Å². The minimum absolute atomic E-state index is 0.0793. The third-order valence-corrected chi connectivity index (χ3v) is 3.59. The zero-order valence-corrected chi connectivity index (χ0v) is 9.66. The van der Waals surface area contributed by atoms with Crippen molar-refractivity contribution < 1.29 is 4.92 Å². The molecule has 88 valence electrons. The fourth-order valence-corrected chi connectivity index (χ4v) is 2.51. The zero-order valence-electron chi connectivity index (χ0n) is 8.84. The van der Waals surface area contributed by atoms with Crippen molar-refractivity contribution in [2.75, 3.05) is 18.4 Å². The SMILES string of the molecule is O=[N+]([O-])c1c(NC2CNC2)ccc2scnc12. The topological polar surface area (TPSA) is 80.1 Å². The monoisotopic (exact) mass is 250 g/mol. The van der Waals surface area contributed by atoms with E-state index in [0.717, 1.165) is 17.8 Å². The molecule has 0 saturated carbocycles. The first-order valence-corrected chi connectivity index (χ1v) is 6.11. The van der Waals surface area contributed by atoms with Crippen molar-refractivity contribution in [3.05, 3.63) is 27.8 Å². The molecule has 1 saturated heterocycles. The zero-order chi connectivity index (χ0) is 11.8. The van der Waals surface area contributed by atoms with Crippen molar-refractivity contribution in [1.82, 2.24) is 10.3 Å². The molecule has 2 aromatic rings. The maximum atomic E-state index is 11.1. The normalized spacial score (nSPS) is 15.8. The van der Waals surface area contributed by atoms with E-state index in [-0.39, 0.29) is 16.7 Å². The molecule has 1 aliphatic heterocycles. The number of rotatable bonds is 3. The van der Waals surface area contributed by atoms with Crippen molar-refractivity contribution in [3.63, 3.8) is 0 Å². The summed E-state index contributed by atoms with van der Waals surface area (Å²) < 4.78 is 0.842. The Balaban J connectivity index is 2.08. The van der Waals surface area contributed by atoms with Crippen LogP contribution in [-0.2, 0) is 0 Å². The molecular formula is C10H10N4O2S. The summed E-state index contributed by atoms with van der Waals surface area (Å²) >= 11 is 1.41. The van der Waals surface area contributed by atoms with Crippen LogP contribution < -0.4 is 10.6 Å². The van der Waals surface area contributed by atoms with Gasteiger partial charge in [-0.3, -0.25) is 10.1 Å². The van der Waals surface area contributed by atoms with Crippen molar-refractivity contribution in [2.24, 2.45) is 0 Å². The Morgan fingerprint density at radius 1 is 1.53 bits per heavy atom. The van der Waals surface area contributed by atoms with E-state index in [1.54, 1.807) is 11.6 Å². The number of nitro groups is 1. The van der Waals surface area contributed by atoms with Crippen LogP contribution in [0, 0.1) is 10.1 Å². The van der Waals surface area contributed by atoms with E-state index in [4.69, 9.17) is 0 Å². The third-order valence-electron chi connectivity index (χ3n) is 2.80. The predicted octanol–water partition coefficient (Wildman–Crippen LogP) is 1.59. The average molecular weight is 250 g/mol. The van der Waals surface area contributed by atoms with E-state index in [1.807, 2.05) is 6.07 Å². The Morgan fingerprint density at radius 2 is 2.35 bits per heavy atom. The molecule has 0 radical (unpaired) electrons. The molecule has 0 atom stereocenters. The van der Waals surface area contributed by atoms with Crippen LogP contribution in [0.25, 0.3) is 10.2 Å². The summed E-state index contributed by atoms with van der Waals surface area (Å²) in [5.74, 6) is 0. The predicted molar refractivity (Wildman–Crippen MR) is 66.6 cm³/mol. The van der Waals surface area contributed by atoms with Crippen LogP contribution in [-0.4, -0.2) is 29.0 Å². The summed E-state index contributed by atoms with van der Waals surface area (Å²) in [6.07, 6.45) is 0. The number of hydrogen-bond donors (Lipinski definition) is 2. The number of nitrogens with zero attached hydrogens (tertiary/aromatic N) is 2. The highest BCUT2D eigenvalue weighted by Crippen LogP contribution is 2.34. The molecule has 1 aromatic heterocycles. The highest BCUT2D eigenvalue weighted by molar-refractivity contribution is 7.16. The second-order valence-electron chi connectivity index (χ2n) is 3.92. The lowest BCUT2D eigenvalue weighted by Gasteiger charge is -2.28. The second kappa shape index (κ2) is 3.94. The fourth-order valence-electron chi connectivity index (χ4n) is 1.83. The Kier molecular flexibility index (Phi) is 2.41. The smallest absolute Gasteiger partial charge is 0.319 e. The van der Waals surface area contributed by atoms with Crippen molar-refractivity contribution in [2.45, 2.75) is 6.04 Å². The molecule has 0 aliphatic carbocycles. The van der Waals surface area contributed by atoms with Gasteiger partial charge in [0.25, 0.3) is 0 Å². The van der Waals surface area contributed by atoms with Gasteiger partial charge in [-0.15, -0.1) is 11.3 Å². The number of anilines is 1. The van der Waals surface area contributed by atoms with E-state index < -0.39 is 0 Å². The van der Waals surface area contributed by atoms with Crippen LogP contribution in [0.15, 0.2) is 17.6 Å². The summed E-state index contributed by atoms with van der Waals surface area (Å²) in [5, 5.41) is 17.4. The first-order valence-electron chi connectivity index (χ1n) is 5.23. The molecule has 3 rings (SSSR count). The summed E-state index contributed by atoms with van der Waals surface area (Å²) in [5.41, 5.74) is 2.74. The molecule has 17 heavy (non-hydrogen) atoms. The van der Waals surface area contributed by atoms with Crippen molar-refractivity contribution in [3.8, 4) is 0 Å². The van der Waals surface area contributed by atoms with Crippen LogP contribution in [0.1, 0.15) is 0 Å². The number of nitrogens with one attached hydrogen (secondary N) is 2. The van der Waals surface area contributed by atoms with Gasteiger partial charge in [0, 0.05) is 13.1 Å². The third kappa shape index (κ3) is 1.73. The van der Waals surface area contributed by atoms with Crippen LogP contribution >= 0.6 is 11.3 Å². The lowest BCUT2D eigenvalue weighted by atomic mass is 10.1. The number of fused-ring (bicyclic) bond motifs is 1. The maximum Gasteiger partial charge on any atom is 0.319 e. The number of aromatic nitrogens is 1. The van der Waals surface area contributed by atoms with Crippen LogP contribution in [0.4, 0.5) is 11.4 Å². The Labute approximate surface area is 101 Å². The molecule has 0 unspecified atom stereocenters. The Bertz CT molecular complexity index is 579. The first-order chi connectivity index (χ1) is 8.25. The van der Waals surface area contributed by atoms with Gasteiger partial charge in [-0.2, -0.15) is 0 Å². The van der Waals surface area contributed by atoms with Gasteiger partial charge in [-0.05, 0) is 12.1 Å². The van der Waals surface area contributed by atoms with Crippen LogP contribution in [0.2, 0.25) is 0 Å². The van der Waals surface area contributed by atoms with Gasteiger partial charge in [-0.1, -0.05) is 0 Å². The summed E-state index contributed by atoms with van der Waals surface area (Å²) in [4.78, 5) is 14.8. The molecule has 1 aliphatic rings. The molecule has 0 spiro atoms. The average Bonchev–Trinajstić information content (AvgIpc) is 2.69. The largest absolute Gasteiger partial charge is 0.374 e. The Hall–Kier alpha value is -1.73. The van der Waals surface area contributed by atoms with Gasteiger partial charge < -0.3 is 10.6 Å². The van der Waals surface area contributed by atoms with Gasteiger partial charge in [0.05, 0.1) is 21.2 Å². The molecule has 6 nitrogen and oxygen atoms in total. The molecule has 1 aromatic carbocycles. The van der Waals surface area contributed by atoms with Crippen molar-refractivity contribution >= 4 is 32.9 Å². The molecule has 2 N–H and O–H groups in total. The fraction of sp³-hybridized carbons (Fsp3) is 0.300. The van der Waals surface area contributed by atoms with E-state index in [9.17, 15) is 10.1 Å². The highest BCUT2D eigenvalue weighted by Gasteiger charge is 2.24. The van der Waals surface area contributed by atoms with E-state index in [1.165, 1.54) is 11.3 Å². The number of nitro benzene ring substituents is 1. The minimum atomic E-state index is -0.365. The number of thiazole rings is 1. The standard InChI is InChI=1S/C10H10N4O2S/c15-14(16)10-7(13-6-3-11-4-6)1-2-8-9(10)12-5-17-8/h1-2,5-6,11,13H,3-4H2. The van der Waals surface area contributed by atoms with E-state index in [2.05, 4.69) is 15.6 Å². The molecule has 0 amide bonds. The van der Waals surface area contributed by atoms with Gasteiger partial charge in [0.1, 0.15) is 5.69 Å². The van der Waals surface area contributed by atoms with Crippen LogP contribution in [0.5, 0.6) is 0 Å².